The van der Waals surface area contributed by atoms with Gasteiger partial charge in [0.15, 0.2) is 5.01 Å². The van der Waals surface area contributed by atoms with Crippen LogP contribution in [0, 0.1) is 0 Å². The second kappa shape index (κ2) is 11.5. The number of rotatable bonds is 8. The fourth-order valence-corrected chi connectivity index (χ4v) is 4.88. The summed E-state index contributed by atoms with van der Waals surface area (Å²) in [4.78, 5) is 35.9. The van der Waals surface area contributed by atoms with E-state index in [0.717, 1.165) is 38.4 Å². The number of thiazole rings is 1. The maximum atomic E-state index is 14.1. The molecule has 0 radical (unpaired) electrons. The third kappa shape index (κ3) is 7.16. The van der Waals surface area contributed by atoms with E-state index in [4.69, 9.17) is 0 Å². The Labute approximate surface area is 220 Å². The maximum Gasteiger partial charge on any atom is 0.408 e. The topological polar surface area (TPSA) is 107 Å². The van der Waals surface area contributed by atoms with Crippen LogP contribution in [-0.4, -0.2) is 68.7 Å². The number of piperidine rings is 1. The van der Waals surface area contributed by atoms with E-state index < -0.39 is 47.4 Å². The van der Waals surface area contributed by atoms with Gasteiger partial charge in [-0.25, -0.2) is 18.7 Å². The van der Waals surface area contributed by atoms with Gasteiger partial charge in [0.25, 0.3) is 18.2 Å². The summed E-state index contributed by atoms with van der Waals surface area (Å²) in [6, 6.07) is -1.38. The summed E-state index contributed by atoms with van der Waals surface area (Å²) in [6.45, 7) is 5.93. The minimum absolute atomic E-state index is 0.0422. The van der Waals surface area contributed by atoms with E-state index in [-0.39, 0.29) is 33.7 Å². The third-order valence-electron chi connectivity index (χ3n) is 6.04. The number of amides is 2. The molecule has 0 unspecified atom stereocenters. The van der Waals surface area contributed by atoms with Crippen molar-refractivity contribution in [3.8, 4) is 10.4 Å². The highest BCUT2D eigenvalue weighted by Gasteiger charge is 2.37. The molecule has 2 aromatic rings. The van der Waals surface area contributed by atoms with E-state index in [9.17, 15) is 36.6 Å². The van der Waals surface area contributed by atoms with Gasteiger partial charge in [-0.1, -0.05) is 0 Å². The lowest BCUT2D eigenvalue weighted by Gasteiger charge is -2.33. The van der Waals surface area contributed by atoms with Crippen molar-refractivity contribution in [2.45, 2.75) is 77.2 Å². The summed E-state index contributed by atoms with van der Waals surface area (Å²) in [5, 5.41) is 14.3. The van der Waals surface area contributed by atoms with Crippen molar-refractivity contribution in [1.82, 2.24) is 20.2 Å². The third-order valence-corrected chi connectivity index (χ3v) is 7.13. The van der Waals surface area contributed by atoms with Crippen LogP contribution in [0.15, 0.2) is 12.3 Å². The molecule has 1 aliphatic heterocycles. The molecule has 14 heteroatoms. The van der Waals surface area contributed by atoms with Gasteiger partial charge in [-0.2, -0.15) is 13.2 Å². The highest BCUT2D eigenvalue weighted by molar-refractivity contribution is 7.17. The minimum Gasteiger partial charge on any atom is -0.389 e. The predicted molar refractivity (Wildman–Crippen MR) is 132 cm³/mol. The molecular formula is C24H30F5N5O3S. The maximum absolute atomic E-state index is 14.1. The number of aromatic nitrogens is 2. The number of aliphatic hydroxyl groups is 1. The van der Waals surface area contributed by atoms with Gasteiger partial charge in [0, 0.05) is 36.5 Å². The lowest BCUT2D eigenvalue weighted by Crippen LogP contribution is -2.42. The summed E-state index contributed by atoms with van der Waals surface area (Å²) in [5.74, 6) is -1.68. The number of nitrogens with one attached hydrogen (secondary N) is 2. The highest BCUT2D eigenvalue weighted by atomic mass is 32.1. The first-order valence-electron chi connectivity index (χ1n) is 12.0. The van der Waals surface area contributed by atoms with Crippen molar-refractivity contribution in [1.29, 1.82) is 0 Å². The zero-order valence-electron chi connectivity index (χ0n) is 21.3. The molecule has 0 aromatic carbocycles. The number of hydrogen-bond acceptors (Lipinski definition) is 7. The summed E-state index contributed by atoms with van der Waals surface area (Å²) in [6.07, 6.45) is -4.39. The molecule has 210 valence electrons. The molecule has 1 aliphatic rings. The Kier molecular flexibility index (Phi) is 8.97. The van der Waals surface area contributed by atoms with Crippen LogP contribution in [0.3, 0.4) is 0 Å². The second-order valence-corrected chi connectivity index (χ2v) is 10.9. The zero-order valence-corrected chi connectivity index (χ0v) is 22.1. The molecule has 0 saturated carbocycles. The molecule has 38 heavy (non-hydrogen) atoms. The molecule has 1 saturated heterocycles. The van der Waals surface area contributed by atoms with Crippen molar-refractivity contribution in [2.75, 3.05) is 18.4 Å². The molecule has 1 fully saturated rings. The van der Waals surface area contributed by atoms with E-state index in [1.807, 2.05) is 6.92 Å². The molecule has 2 atom stereocenters. The number of carbonyl (C=O) groups is 2. The van der Waals surface area contributed by atoms with Crippen molar-refractivity contribution < 1.29 is 36.6 Å². The molecule has 8 nitrogen and oxygen atoms in total. The van der Waals surface area contributed by atoms with Gasteiger partial charge in [0.1, 0.15) is 17.6 Å². The van der Waals surface area contributed by atoms with E-state index in [1.54, 1.807) is 4.90 Å². The van der Waals surface area contributed by atoms with Crippen LogP contribution in [0.1, 0.15) is 79.2 Å². The molecule has 2 aromatic heterocycles. The van der Waals surface area contributed by atoms with Gasteiger partial charge < -0.3 is 20.6 Å². The smallest absolute Gasteiger partial charge is 0.389 e. The van der Waals surface area contributed by atoms with E-state index in [0.29, 0.717) is 17.9 Å². The summed E-state index contributed by atoms with van der Waals surface area (Å²) in [5.41, 5.74) is -2.33. The highest BCUT2D eigenvalue weighted by Crippen LogP contribution is 2.39. The first kappa shape index (κ1) is 29.7. The van der Waals surface area contributed by atoms with E-state index >= 15 is 0 Å². The summed E-state index contributed by atoms with van der Waals surface area (Å²) < 4.78 is 67.2. The van der Waals surface area contributed by atoms with Crippen LogP contribution < -0.4 is 10.6 Å². The Morgan fingerprint density at radius 3 is 2.53 bits per heavy atom. The number of likely N-dealkylation sites (tertiary alicyclic amines) is 1. The standard InChI is InChI=1S/C24H30F5N5O3S/c1-12-7-5-6-8-34(12)22(36)17-18(38-21(33-17)20(35)31-11-23(3,4)37)15-10-30-16(9-14(15)19(25)26)32-13(2)24(27,28)29/h9-10,12-13,19,37H,5-8,11H2,1-4H3,(H,30,32)(H,31,35)/t12-,13-/m0/s1. The van der Waals surface area contributed by atoms with Gasteiger partial charge in [0.05, 0.1) is 10.5 Å². The fourth-order valence-electron chi connectivity index (χ4n) is 3.88. The number of alkyl halides is 5. The molecular weight excluding hydrogens is 533 g/mol. The Morgan fingerprint density at radius 2 is 1.95 bits per heavy atom. The molecule has 3 rings (SSSR count). The van der Waals surface area contributed by atoms with Crippen molar-refractivity contribution in [2.24, 2.45) is 0 Å². The Bertz CT molecular complexity index is 1170. The Hall–Kier alpha value is -2.87. The SMILES string of the molecule is C[C@H](Nc1cc(C(F)F)c(-c2sc(C(=O)NCC(C)(C)O)nc2C(=O)N2CCCC[C@@H]2C)cn1)C(F)(F)F. The fraction of sp³-hybridized carbons (Fsp3) is 0.583. The van der Waals surface area contributed by atoms with Crippen LogP contribution in [-0.2, 0) is 0 Å². The average Bonchev–Trinajstić information content (AvgIpc) is 3.26. The van der Waals surface area contributed by atoms with E-state index in [2.05, 4.69) is 20.6 Å². The van der Waals surface area contributed by atoms with Gasteiger partial charge in [-0.3, -0.25) is 9.59 Å². The normalized spacial score (nSPS) is 17.4. The molecule has 3 N–H and O–H groups in total. The molecule has 0 bridgehead atoms. The molecule has 0 aliphatic carbocycles. The first-order valence-corrected chi connectivity index (χ1v) is 12.8. The largest absolute Gasteiger partial charge is 0.408 e. The number of pyridine rings is 1. The van der Waals surface area contributed by atoms with E-state index in [1.165, 1.54) is 13.8 Å². The predicted octanol–water partition coefficient (Wildman–Crippen LogP) is 5.02. The zero-order chi connectivity index (χ0) is 28.4. The average molecular weight is 564 g/mol. The van der Waals surface area contributed by atoms with Crippen LogP contribution in [0.25, 0.3) is 10.4 Å². The lowest BCUT2D eigenvalue weighted by molar-refractivity contribution is -0.138. The monoisotopic (exact) mass is 563 g/mol. The summed E-state index contributed by atoms with van der Waals surface area (Å²) >= 11 is 0.694. The molecule has 2 amide bonds. The molecule has 0 spiro atoms. The second-order valence-electron chi connectivity index (χ2n) is 9.90. The quantitative estimate of drug-likeness (QED) is 0.390. The summed E-state index contributed by atoms with van der Waals surface area (Å²) in [7, 11) is 0. The van der Waals surface area contributed by atoms with Crippen LogP contribution in [0.4, 0.5) is 27.8 Å². The van der Waals surface area contributed by atoms with Crippen LogP contribution in [0.2, 0.25) is 0 Å². The number of anilines is 1. The van der Waals surface area contributed by atoms with Gasteiger partial charge in [-0.05, 0) is 53.0 Å². The minimum atomic E-state index is -4.63. The number of halogens is 5. The van der Waals surface area contributed by atoms with Crippen molar-refractivity contribution >= 4 is 29.0 Å². The van der Waals surface area contributed by atoms with Gasteiger partial charge in [0.2, 0.25) is 0 Å². The number of nitrogens with zero attached hydrogens (tertiary/aromatic N) is 3. The van der Waals surface area contributed by atoms with Gasteiger partial charge in [-0.15, -0.1) is 11.3 Å². The van der Waals surface area contributed by atoms with Crippen LogP contribution >= 0.6 is 11.3 Å². The Balaban J connectivity index is 2.08. The number of hydrogen-bond donors (Lipinski definition) is 3. The van der Waals surface area contributed by atoms with Crippen LogP contribution in [0.5, 0.6) is 0 Å². The molecule has 3 heterocycles. The van der Waals surface area contributed by atoms with Gasteiger partial charge >= 0.3 is 6.18 Å². The van der Waals surface area contributed by atoms with Crippen molar-refractivity contribution in [3.05, 3.63) is 28.5 Å². The first-order chi connectivity index (χ1) is 17.6. The Morgan fingerprint density at radius 1 is 1.26 bits per heavy atom. The lowest BCUT2D eigenvalue weighted by atomic mass is 10.0. The van der Waals surface area contributed by atoms with Crippen molar-refractivity contribution in [3.63, 3.8) is 0 Å². The number of carbonyl (C=O) groups excluding carboxylic acids is 2.